The molecule has 0 aromatic heterocycles. The lowest BCUT2D eigenvalue weighted by Gasteiger charge is -2.27. The highest BCUT2D eigenvalue weighted by Gasteiger charge is 2.13. The van der Waals surface area contributed by atoms with Crippen LogP contribution in [0.15, 0.2) is 18.2 Å². The van der Waals surface area contributed by atoms with E-state index in [1.54, 1.807) is 6.07 Å². The minimum absolute atomic E-state index is 0.183. The van der Waals surface area contributed by atoms with Gasteiger partial charge in [-0.3, -0.25) is 0 Å². The summed E-state index contributed by atoms with van der Waals surface area (Å²) in [6, 6.07) is 4.61. The molecule has 0 saturated carbocycles. The van der Waals surface area contributed by atoms with E-state index in [4.69, 9.17) is 10.5 Å². The van der Waals surface area contributed by atoms with Crippen LogP contribution >= 0.6 is 0 Å². The van der Waals surface area contributed by atoms with Crippen molar-refractivity contribution in [3.05, 3.63) is 29.6 Å². The van der Waals surface area contributed by atoms with Crippen molar-refractivity contribution in [3.8, 4) is 0 Å². The third-order valence-corrected chi connectivity index (χ3v) is 2.91. The van der Waals surface area contributed by atoms with E-state index in [0.717, 1.165) is 24.3 Å². The summed E-state index contributed by atoms with van der Waals surface area (Å²) in [5.41, 5.74) is 7.74. The van der Waals surface area contributed by atoms with E-state index in [9.17, 15) is 4.39 Å². The van der Waals surface area contributed by atoms with Crippen LogP contribution in [0.25, 0.3) is 0 Å². The average molecular weight is 254 g/mol. The average Bonchev–Trinajstić information content (AvgIpc) is 2.35. The van der Waals surface area contributed by atoms with E-state index in [-0.39, 0.29) is 11.9 Å². The Labute approximate surface area is 109 Å². The number of nitrogens with zero attached hydrogens (tertiary/aromatic N) is 1. The van der Waals surface area contributed by atoms with Crippen molar-refractivity contribution >= 4 is 5.69 Å². The summed E-state index contributed by atoms with van der Waals surface area (Å²) in [7, 11) is 0. The van der Waals surface area contributed by atoms with Crippen LogP contribution in [0.1, 0.15) is 32.4 Å². The molecule has 1 aromatic carbocycles. The maximum Gasteiger partial charge on any atom is 0.123 e. The normalized spacial score (nSPS) is 12.5. The third-order valence-electron chi connectivity index (χ3n) is 2.91. The van der Waals surface area contributed by atoms with Crippen LogP contribution in [-0.2, 0) is 4.74 Å². The molecule has 3 nitrogen and oxygen atoms in total. The van der Waals surface area contributed by atoms with E-state index in [1.807, 2.05) is 13.8 Å². The van der Waals surface area contributed by atoms with Crippen molar-refractivity contribution in [2.45, 2.75) is 26.8 Å². The smallest absolute Gasteiger partial charge is 0.123 e. The van der Waals surface area contributed by atoms with Gasteiger partial charge in [0.15, 0.2) is 0 Å². The lowest BCUT2D eigenvalue weighted by atomic mass is 10.1. The van der Waals surface area contributed by atoms with Gasteiger partial charge in [-0.05, 0) is 44.5 Å². The summed E-state index contributed by atoms with van der Waals surface area (Å²) in [5, 5.41) is 0. The molecule has 0 aliphatic rings. The van der Waals surface area contributed by atoms with E-state index >= 15 is 0 Å². The molecule has 0 fully saturated rings. The Morgan fingerprint density at radius 2 is 2.11 bits per heavy atom. The molecular formula is C14H23FN2O. The first-order chi connectivity index (χ1) is 8.60. The summed E-state index contributed by atoms with van der Waals surface area (Å²) in [6.45, 7) is 8.92. The molecular weight excluding hydrogens is 231 g/mol. The fourth-order valence-corrected chi connectivity index (χ4v) is 1.95. The number of nitrogens with two attached hydrogens (primary N) is 1. The molecule has 2 N–H and O–H groups in total. The summed E-state index contributed by atoms with van der Waals surface area (Å²) in [4.78, 5) is 2.16. The second-order valence-electron chi connectivity index (χ2n) is 4.27. The quantitative estimate of drug-likeness (QED) is 0.760. The minimum atomic E-state index is -0.244. The van der Waals surface area contributed by atoms with Crippen molar-refractivity contribution in [1.82, 2.24) is 0 Å². The molecule has 18 heavy (non-hydrogen) atoms. The molecule has 0 amide bonds. The van der Waals surface area contributed by atoms with Gasteiger partial charge >= 0.3 is 0 Å². The predicted molar refractivity (Wildman–Crippen MR) is 73.4 cm³/mol. The molecule has 0 radical (unpaired) electrons. The van der Waals surface area contributed by atoms with Crippen LogP contribution in [0, 0.1) is 5.82 Å². The van der Waals surface area contributed by atoms with Crippen molar-refractivity contribution in [3.63, 3.8) is 0 Å². The summed E-state index contributed by atoms with van der Waals surface area (Å²) in [6.07, 6.45) is 0. The predicted octanol–water partition coefficient (Wildman–Crippen LogP) is 2.71. The molecule has 0 aliphatic carbocycles. The molecule has 1 unspecified atom stereocenters. The first-order valence-corrected chi connectivity index (χ1v) is 6.47. The molecule has 102 valence electrons. The van der Waals surface area contributed by atoms with Gasteiger partial charge in [0.25, 0.3) is 0 Å². The van der Waals surface area contributed by atoms with Gasteiger partial charge in [0, 0.05) is 31.4 Å². The number of benzene rings is 1. The summed E-state index contributed by atoms with van der Waals surface area (Å²) < 4.78 is 18.6. The Bertz CT molecular complexity index is 369. The van der Waals surface area contributed by atoms with Gasteiger partial charge in [-0.2, -0.15) is 0 Å². The zero-order chi connectivity index (χ0) is 13.5. The SMILES string of the molecule is CCOCCN(CC)c1ccc(F)cc1C(C)N. The Balaban J connectivity index is 2.90. The van der Waals surface area contributed by atoms with Crippen LogP contribution in [0.3, 0.4) is 0 Å². The lowest BCUT2D eigenvalue weighted by Crippen LogP contribution is -2.29. The van der Waals surface area contributed by atoms with Gasteiger partial charge in [-0.15, -0.1) is 0 Å². The van der Waals surface area contributed by atoms with Crippen LogP contribution in [-0.4, -0.2) is 26.3 Å². The van der Waals surface area contributed by atoms with Crippen molar-refractivity contribution in [2.75, 3.05) is 31.2 Å². The molecule has 1 aromatic rings. The van der Waals surface area contributed by atoms with E-state index in [0.29, 0.717) is 13.2 Å². The first kappa shape index (κ1) is 14.9. The monoisotopic (exact) mass is 254 g/mol. The standard InChI is InChI=1S/C14H23FN2O/c1-4-17(8-9-18-5-2)14-7-6-12(15)10-13(14)11(3)16/h6-7,10-11H,4-5,8-9,16H2,1-3H3. The second kappa shape index (κ2) is 7.34. The first-order valence-electron chi connectivity index (χ1n) is 6.47. The van der Waals surface area contributed by atoms with Gasteiger partial charge in [-0.1, -0.05) is 0 Å². The number of halogens is 1. The Morgan fingerprint density at radius 3 is 2.67 bits per heavy atom. The topological polar surface area (TPSA) is 38.5 Å². The third kappa shape index (κ3) is 3.96. The highest BCUT2D eigenvalue weighted by Crippen LogP contribution is 2.26. The summed E-state index contributed by atoms with van der Waals surface area (Å²) in [5.74, 6) is -0.244. The molecule has 1 rings (SSSR count). The van der Waals surface area contributed by atoms with E-state index < -0.39 is 0 Å². The van der Waals surface area contributed by atoms with E-state index in [1.165, 1.54) is 12.1 Å². The van der Waals surface area contributed by atoms with Crippen LogP contribution < -0.4 is 10.6 Å². The minimum Gasteiger partial charge on any atom is -0.380 e. The Kier molecular flexibility index (Phi) is 6.09. The second-order valence-corrected chi connectivity index (χ2v) is 4.27. The van der Waals surface area contributed by atoms with Crippen LogP contribution in [0.5, 0.6) is 0 Å². The fraction of sp³-hybridized carbons (Fsp3) is 0.571. The molecule has 4 heteroatoms. The number of hydrogen-bond donors (Lipinski definition) is 1. The largest absolute Gasteiger partial charge is 0.380 e. The number of anilines is 1. The van der Waals surface area contributed by atoms with Gasteiger partial charge in [-0.25, -0.2) is 4.39 Å². The molecule has 0 spiro atoms. The van der Waals surface area contributed by atoms with Crippen LogP contribution in [0.2, 0.25) is 0 Å². The maximum absolute atomic E-state index is 13.3. The molecule has 0 saturated heterocycles. The summed E-state index contributed by atoms with van der Waals surface area (Å²) >= 11 is 0. The van der Waals surface area contributed by atoms with E-state index in [2.05, 4.69) is 11.8 Å². The van der Waals surface area contributed by atoms with Gasteiger partial charge in [0.1, 0.15) is 5.82 Å². The van der Waals surface area contributed by atoms with Crippen LogP contribution in [0.4, 0.5) is 10.1 Å². The van der Waals surface area contributed by atoms with Gasteiger partial charge in [0.2, 0.25) is 0 Å². The van der Waals surface area contributed by atoms with Gasteiger partial charge < -0.3 is 15.4 Å². The molecule has 0 heterocycles. The van der Waals surface area contributed by atoms with Crippen molar-refractivity contribution < 1.29 is 9.13 Å². The number of ether oxygens (including phenoxy) is 1. The zero-order valence-corrected chi connectivity index (χ0v) is 11.4. The fourth-order valence-electron chi connectivity index (χ4n) is 1.95. The number of likely N-dealkylation sites (N-methyl/N-ethyl adjacent to an activating group) is 1. The highest BCUT2D eigenvalue weighted by molar-refractivity contribution is 5.55. The molecule has 0 bridgehead atoms. The van der Waals surface area contributed by atoms with Gasteiger partial charge in [0.05, 0.1) is 6.61 Å². The lowest BCUT2D eigenvalue weighted by molar-refractivity contribution is 0.154. The number of hydrogen-bond acceptors (Lipinski definition) is 3. The number of rotatable bonds is 7. The van der Waals surface area contributed by atoms with Crippen molar-refractivity contribution in [1.29, 1.82) is 0 Å². The Morgan fingerprint density at radius 1 is 1.39 bits per heavy atom. The van der Waals surface area contributed by atoms with Crippen molar-refractivity contribution in [2.24, 2.45) is 5.73 Å². The molecule has 1 atom stereocenters. The maximum atomic E-state index is 13.3. The highest BCUT2D eigenvalue weighted by atomic mass is 19.1. The molecule has 0 aliphatic heterocycles. The zero-order valence-electron chi connectivity index (χ0n) is 11.4. The Hall–Kier alpha value is -1.13.